The zero-order valence-electron chi connectivity index (χ0n) is 61.8. The third-order valence-electron chi connectivity index (χ3n) is 17.2. The lowest BCUT2D eigenvalue weighted by Gasteiger charge is -2.30. The molecular formula is C84H105NO21S. The fourth-order valence-corrected chi connectivity index (χ4v) is 12.3. The third kappa shape index (κ3) is 32.0. The van der Waals surface area contributed by atoms with Gasteiger partial charge in [0.25, 0.3) is 0 Å². The maximum atomic E-state index is 13.2. The van der Waals surface area contributed by atoms with E-state index < -0.39 is 23.5 Å². The Balaban J connectivity index is 0.000000251. The van der Waals surface area contributed by atoms with Crippen LogP contribution in [0, 0.1) is 0 Å². The number of nitrogens with zero attached hydrogens (tertiary/aromatic N) is 1. The van der Waals surface area contributed by atoms with Gasteiger partial charge in [-0.3, -0.25) is 24.1 Å². The fraction of sp³-hybridized carbons (Fsp3) is 0.440. The second kappa shape index (κ2) is 48.8. The maximum absolute atomic E-state index is 13.2. The Labute approximate surface area is 631 Å². The first-order chi connectivity index (χ1) is 51.8. The van der Waals surface area contributed by atoms with E-state index in [-0.39, 0.29) is 88.3 Å². The smallest absolute Gasteiger partial charge is 0.333 e. The van der Waals surface area contributed by atoms with E-state index in [0.29, 0.717) is 121 Å². The minimum absolute atomic E-state index is 0.0153. The van der Waals surface area contributed by atoms with E-state index in [2.05, 4.69) is 19.7 Å². The van der Waals surface area contributed by atoms with Gasteiger partial charge >= 0.3 is 23.9 Å². The van der Waals surface area contributed by atoms with Crippen LogP contribution >= 0.6 is 11.3 Å². The number of aliphatic hydroxyl groups excluding tert-OH is 3. The average molecular weight is 1500 g/mol. The lowest BCUT2D eigenvalue weighted by Crippen LogP contribution is -2.40. The predicted octanol–water partition coefficient (Wildman–Crippen LogP) is 13.4. The average Bonchev–Trinajstić information content (AvgIpc) is 0.780. The summed E-state index contributed by atoms with van der Waals surface area (Å²) in [6.07, 6.45) is 23.1. The molecule has 0 amide bonds. The Morgan fingerprint density at radius 3 is 1.69 bits per heavy atom. The number of hydrogen-bond donors (Lipinski definition) is 4. The molecule has 0 bridgehead atoms. The molecule has 0 radical (unpaired) electrons. The molecule has 5 aromatic carbocycles. The van der Waals surface area contributed by atoms with Crippen molar-refractivity contribution in [1.82, 2.24) is 4.90 Å². The molecule has 1 aliphatic carbocycles. The summed E-state index contributed by atoms with van der Waals surface area (Å²) in [5.41, 5.74) is 2.75. The first-order valence-corrected chi connectivity index (χ1v) is 37.6. The van der Waals surface area contributed by atoms with Gasteiger partial charge in [-0.2, -0.15) is 0 Å². The van der Waals surface area contributed by atoms with Gasteiger partial charge < -0.3 is 67.8 Å². The number of benzene rings is 5. The van der Waals surface area contributed by atoms with E-state index in [1.165, 1.54) is 0 Å². The van der Waals surface area contributed by atoms with Gasteiger partial charge in [-0.15, -0.1) is 11.3 Å². The second-order valence-electron chi connectivity index (χ2n) is 25.9. The van der Waals surface area contributed by atoms with Crippen molar-refractivity contribution in [3.05, 3.63) is 203 Å². The van der Waals surface area contributed by atoms with Crippen molar-refractivity contribution in [3.63, 3.8) is 0 Å². The van der Waals surface area contributed by atoms with Crippen molar-refractivity contribution < 1.29 is 96.6 Å². The molecule has 107 heavy (non-hydrogen) atoms. The highest BCUT2D eigenvalue weighted by Crippen LogP contribution is 2.34. The zero-order valence-corrected chi connectivity index (χ0v) is 62.6. The Morgan fingerprint density at radius 1 is 0.533 bits per heavy atom. The van der Waals surface area contributed by atoms with E-state index >= 15 is 0 Å². The number of Topliss-reactive ketones (excluding diaryl/α,β-unsaturated/α-hetero) is 1. The summed E-state index contributed by atoms with van der Waals surface area (Å²) in [5.74, 6) is 0.392. The van der Waals surface area contributed by atoms with Crippen molar-refractivity contribution >= 4 is 67.0 Å². The van der Waals surface area contributed by atoms with Crippen LogP contribution in [0.1, 0.15) is 160 Å². The van der Waals surface area contributed by atoms with E-state index in [9.17, 15) is 38.7 Å². The lowest BCUT2D eigenvalue weighted by molar-refractivity contribution is -0.145. The van der Waals surface area contributed by atoms with Gasteiger partial charge in [0.1, 0.15) is 67.7 Å². The minimum atomic E-state index is -1.26. The summed E-state index contributed by atoms with van der Waals surface area (Å²) < 4.78 is 55.8. The zero-order chi connectivity index (χ0) is 77.0. The minimum Gasteiger partial charge on any atom is -0.494 e. The van der Waals surface area contributed by atoms with Crippen LogP contribution in [0.25, 0.3) is 20.2 Å². The number of esters is 4. The molecule has 2 aliphatic rings. The topological polar surface area (TPSA) is 296 Å². The number of fused-ring (bicyclic) bond motifs is 2. The summed E-state index contributed by atoms with van der Waals surface area (Å²) in [4.78, 5) is 86.9. The van der Waals surface area contributed by atoms with Crippen LogP contribution in [0.15, 0.2) is 170 Å². The molecule has 1 fully saturated rings. The van der Waals surface area contributed by atoms with Crippen LogP contribution in [0.5, 0.6) is 23.0 Å². The number of aryl methyl sites for hydroxylation is 1. The van der Waals surface area contributed by atoms with Crippen LogP contribution in [0.4, 0.5) is 0 Å². The Hall–Kier alpha value is -9.33. The molecule has 1 saturated carbocycles. The van der Waals surface area contributed by atoms with Crippen molar-refractivity contribution in [3.8, 4) is 23.0 Å². The maximum Gasteiger partial charge on any atom is 0.333 e. The largest absolute Gasteiger partial charge is 0.494 e. The van der Waals surface area contributed by atoms with Gasteiger partial charge in [-0.25, -0.2) is 14.4 Å². The highest BCUT2D eigenvalue weighted by Gasteiger charge is 2.38. The van der Waals surface area contributed by atoms with Crippen molar-refractivity contribution in [1.29, 1.82) is 0 Å². The molecule has 1 aliphatic heterocycles. The van der Waals surface area contributed by atoms with Gasteiger partial charge in [0.2, 0.25) is 0 Å². The number of rotatable bonds is 46. The molecule has 0 atom stereocenters. The Morgan fingerprint density at radius 2 is 1.07 bits per heavy atom. The molecule has 22 nitrogen and oxygen atoms in total. The molecule has 6 aromatic rings. The standard InChI is InChI=1S/C29H44O6.C28H28O6S.C27H33NO9/c1-23(2)28(32)35-19-13-5-3-8-14-24-20-25(27(31)29(33)15-9-7-10-16-29)22-26(21-24)34-18-12-6-4-11-17-30;1-19(2)28(30)34-18-20-6-8-25-23(16-20)27(29)24-17-22(7-9-26(24)35-25)33-13-5-3-4-12-32-21-10-14-31-15-11-21;1-2-25(31)36-19-17-34-23-7-3-21(4-8-23)27(33)22-5-9-24(10-6-22)35-18-20-37-26(32)11-12-28(13-15-29)14-16-30/h20-22,30,33H,1,3-19H2,2H3;6-11,14-17,21H,1,3-5,12-13,18H2,2H3;2-10,29-30H,1,11-20H2. The summed E-state index contributed by atoms with van der Waals surface area (Å²) in [5, 5.41) is 39.1. The normalized spacial score (nSPS) is 12.9. The Bertz CT molecular complexity index is 3910. The first kappa shape index (κ1) is 86.6. The highest BCUT2D eigenvalue weighted by molar-refractivity contribution is 7.24. The monoisotopic (exact) mass is 1500 g/mol. The van der Waals surface area contributed by atoms with Crippen LogP contribution in [0.3, 0.4) is 0 Å². The summed E-state index contributed by atoms with van der Waals surface area (Å²) in [7, 11) is 0. The summed E-state index contributed by atoms with van der Waals surface area (Å²) in [6, 6.07) is 30.2. The van der Waals surface area contributed by atoms with Gasteiger partial charge in [0, 0.05) is 86.9 Å². The number of ketones is 2. The van der Waals surface area contributed by atoms with Crippen LogP contribution < -0.4 is 24.4 Å². The number of carbonyl (C=O) groups excluding carboxylic acids is 6. The SMILES string of the molecule is C=C(C)C(=O)OCCCCCCc1cc(OCCCCCCO)cc(C(=O)C2(O)CCCCC2)c1.C=C(C)C(=O)OCc1ccc2sc3ccc(OCCCCCOC4C=COC=C4)cc3c(=O)c2c1.C=CC(=O)OCCOc1ccc(C(=O)c2ccc(OCCOC(=O)CCN(CCO)CCO)cc2)cc1. The number of hydrogen-bond acceptors (Lipinski definition) is 23. The van der Waals surface area contributed by atoms with Gasteiger partial charge in [-0.05, 0) is 205 Å². The van der Waals surface area contributed by atoms with E-state index in [0.717, 1.165) is 123 Å². The van der Waals surface area contributed by atoms with Crippen molar-refractivity contribution in [2.24, 2.45) is 0 Å². The Kier molecular flexibility index (Phi) is 39.5. The lowest BCUT2D eigenvalue weighted by atomic mass is 9.79. The highest BCUT2D eigenvalue weighted by atomic mass is 32.1. The molecule has 2 heterocycles. The number of unbranched alkanes of at least 4 members (excludes halogenated alkanes) is 8. The van der Waals surface area contributed by atoms with Gasteiger partial charge in [0.15, 0.2) is 17.0 Å². The van der Waals surface area contributed by atoms with Gasteiger partial charge in [0.05, 0.1) is 52.0 Å². The molecule has 8 rings (SSSR count). The first-order valence-electron chi connectivity index (χ1n) is 36.8. The molecule has 0 saturated heterocycles. The van der Waals surface area contributed by atoms with Gasteiger partial charge in [-0.1, -0.05) is 64.3 Å². The van der Waals surface area contributed by atoms with E-state index in [4.69, 9.17) is 62.7 Å². The third-order valence-corrected chi connectivity index (χ3v) is 18.3. The van der Waals surface area contributed by atoms with E-state index in [1.54, 1.807) is 103 Å². The van der Waals surface area contributed by atoms with Crippen LogP contribution in [-0.4, -0.2) is 165 Å². The van der Waals surface area contributed by atoms with Crippen molar-refractivity contribution in [2.75, 3.05) is 92.3 Å². The van der Waals surface area contributed by atoms with E-state index in [1.807, 2.05) is 54.6 Å². The molecular weight excluding hydrogens is 1390 g/mol. The molecule has 578 valence electrons. The van der Waals surface area contributed by atoms with Crippen LogP contribution in [-0.2, 0) is 60.6 Å². The predicted molar refractivity (Wildman–Crippen MR) is 411 cm³/mol. The number of aliphatic hydroxyl groups is 4. The quantitative estimate of drug-likeness (QED) is 0.00689. The number of ether oxygens (including phenoxy) is 10. The molecule has 4 N–H and O–H groups in total. The second-order valence-corrected chi connectivity index (χ2v) is 27.0. The number of carbonyl (C=O) groups is 6. The summed E-state index contributed by atoms with van der Waals surface area (Å²) in [6.45, 7) is 17.8. The molecule has 1 aromatic heterocycles. The summed E-state index contributed by atoms with van der Waals surface area (Å²) >= 11 is 1.55. The van der Waals surface area contributed by atoms with Crippen molar-refractivity contribution in [2.45, 2.75) is 148 Å². The molecule has 0 unspecified atom stereocenters. The fourth-order valence-electron chi connectivity index (χ4n) is 11.3. The molecule has 23 heteroatoms. The van der Waals surface area contributed by atoms with Crippen LogP contribution in [0.2, 0.25) is 0 Å². The molecule has 0 spiro atoms.